The third kappa shape index (κ3) is 5.21. The predicted octanol–water partition coefficient (Wildman–Crippen LogP) is 1.81. The first-order chi connectivity index (χ1) is 9.02. The molecule has 1 aromatic rings. The molecule has 1 aromatic carbocycles. The van der Waals surface area contributed by atoms with Gasteiger partial charge in [-0.2, -0.15) is 0 Å². The first kappa shape index (κ1) is 14.7. The molecule has 0 aromatic heterocycles. The summed E-state index contributed by atoms with van der Waals surface area (Å²) in [6.45, 7) is 1.77. The van der Waals surface area contributed by atoms with Gasteiger partial charge in [-0.3, -0.25) is 20.4 Å². The summed E-state index contributed by atoms with van der Waals surface area (Å²) in [6.07, 6.45) is 0.765. The van der Waals surface area contributed by atoms with E-state index in [1.54, 1.807) is 0 Å². The Morgan fingerprint density at radius 1 is 1.47 bits per heavy atom. The van der Waals surface area contributed by atoms with Gasteiger partial charge in [-0.05, 0) is 6.42 Å². The molecule has 2 N–H and O–H groups in total. The minimum atomic E-state index is -1.15. The van der Waals surface area contributed by atoms with Crippen molar-refractivity contribution in [2.24, 2.45) is 0 Å². The largest absolute Gasteiger partial charge is 0.493 e. The Balaban J connectivity index is 2.80. The first-order valence-electron chi connectivity index (χ1n) is 5.54. The van der Waals surface area contributed by atoms with Gasteiger partial charge in [0.15, 0.2) is 6.61 Å². The van der Waals surface area contributed by atoms with Gasteiger partial charge < -0.3 is 9.84 Å². The van der Waals surface area contributed by atoms with Crippen molar-refractivity contribution in [1.29, 1.82) is 0 Å². The minimum Gasteiger partial charge on any atom is -0.493 e. The van der Waals surface area contributed by atoms with Crippen molar-refractivity contribution in [2.45, 2.75) is 13.3 Å². The summed E-state index contributed by atoms with van der Waals surface area (Å²) < 4.78 is 5.30. The van der Waals surface area contributed by atoms with Gasteiger partial charge >= 0.3 is 5.97 Å². The van der Waals surface area contributed by atoms with E-state index in [9.17, 15) is 14.9 Å². The number of carboxylic acids is 1. The van der Waals surface area contributed by atoms with Crippen LogP contribution in [0.4, 0.5) is 11.4 Å². The van der Waals surface area contributed by atoms with Crippen molar-refractivity contribution in [1.82, 2.24) is 0 Å². The topological polar surface area (TPSA) is 111 Å². The maximum absolute atomic E-state index is 10.7. The molecule has 0 aliphatic heterocycles. The standard InChI is InChI=1S/C11H14N2O6/c1-2-3-18-10-5-8(12-19-7-11(14)15)4-9(6-10)13(16)17/h4-6,12H,2-3,7H2,1H3,(H,14,15). The molecule has 1 rings (SSSR count). The van der Waals surface area contributed by atoms with Crippen LogP contribution in [-0.4, -0.2) is 29.2 Å². The van der Waals surface area contributed by atoms with Gasteiger partial charge in [0.1, 0.15) is 5.75 Å². The molecule has 0 aliphatic rings. The van der Waals surface area contributed by atoms with Gasteiger partial charge in [0.2, 0.25) is 0 Å². The van der Waals surface area contributed by atoms with Crippen molar-refractivity contribution >= 4 is 17.3 Å². The summed E-state index contributed by atoms with van der Waals surface area (Å²) in [5.41, 5.74) is 2.40. The molecule has 0 radical (unpaired) electrons. The monoisotopic (exact) mass is 270 g/mol. The molecule has 8 heteroatoms. The lowest BCUT2D eigenvalue weighted by molar-refractivity contribution is -0.384. The van der Waals surface area contributed by atoms with Gasteiger partial charge in [-0.15, -0.1) is 0 Å². The number of nitrogens with one attached hydrogen (secondary N) is 1. The van der Waals surface area contributed by atoms with E-state index < -0.39 is 17.5 Å². The van der Waals surface area contributed by atoms with E-state index in [4.69, 9.17) is 9.84 Å². The van der Waals surface area contributed by atoms with Gasteiger partial charge in [-0.25, -0.2) is 4.79 Å². The van der Waals surface area contributed by atoms with Crippen molar-refractivity contribution in [2.75, 3.05) is 18.7 Å². The van der Waals surface area contributed by atoms with Crippen molar-refractivity contribution < 1.29 is 24.4 Å². The van der Waals surface area contributed by atoms with E-state index in [0.29, 0.717) is 12.4 Å². The number of anilines is 1. The van der Waals surface area contributed by atoms with Gasteiger partial charge in [-0.1, -0.05) is 6.92 Å². The smallest absolute Gasteiger partial charge is 0.332 e. The number of benzene rings is 1. The van der Waals surface area contributed by atoms with E-state index in [0.717, 1.165) is 6.42 Å². The lowest BCUT2D eigenvalue weighted by Gasteiger charge is -2.08. The fourth-order valence-corrected chi connectivity index (χ4v) is 1.23. The number of nitrogens with zero attached hydrogens (tertiary/aromatic N) is 1. The quantitative estimate of drug-likeness (QED) is 0.547. The highest BCUT2D eigenvalue weighted by Crippen LogP contribution is 2.26. The van der Waals surface area contributed by atoms with Crippen LogP contribution < -0.4 is 10.2 Å². The van der Waals surface area contributed by atoms with Gasteiger partial charge in [0.25, 0.3) is 5.69 Å². The Labute approximate surface area is 109 Å². The van der Waals surface area contributed by atoms with E-state index in [2.05, 4.69) is 10.3 Å². The molecule has 8 nitrogen and oxygen atoms in total. The first-order valence-corrected chi connectivity index (χ1v) is 5.54. The number of nitro groups is 1. The van der Waals surface area contributed by atoms with E-state index in [-0.39, 0.29) is 11.4 Å². The average molecular weight is 270 g/mol. The van der Waals surface area contributed by atoms with Crippen LogP contribution in [0.2, 0.25) is 0 Å². The molecular formula is C11H14N2O6. The highest BCUT2D eigenvalue weighted by Gasteiger charge is 2.11. The van der Waals surface area contributed by atoms with Crippen LogP contribution in [0.1, 0.15) is 13.3 Å². The molecule has 0 heterocycles. The number of hydrogen-bond acceptors (Lipinski definition) is 6. The zero-order valence-electron chi connectivity index (χ0n) is 10.3. The molecule has 0 saturated heterocycles. The molecule has 0 saturated carbocycles. The predicted molar refractivity (Wildman–Crippen MR) is 66.1 cm³/mol. The van der Waals surface area contributed by atoms with Crippen LogP contribution in [-0.2, 0) is 9.63 Å². The number of carbonyl (C=O) groups is 1. The molecule has 19 heavy (non-hydrogen) atoms. The molecule has 0 unspecified atom stereocenters. The Kier molecular flexibility index (Phi) is 5.55. The number of nitro benzene ring substituents is 1. The Bertz CT molecular complexity index is 462. The highest BCUT2D eigenvalue weighted by atomic mass is 16.7. The number of ether oxygens (including phenoxy) is 1. The fourth-order valence-electron chi connectivity index (χ4n) is 1.23. The SMILES string of the molecule is CCCOc1cc(NOCC(=O)O)cc([N+](=O)[O-])c1. The normalized spacial score (nSPS) is 9.95. The van der Waals surface area contributed by atoms with Gasteiger partial charge in [0.05, 0.1) is 23.3 Å². The second-order valence-electron chi connectivity index (χ2n) is 3.61. The molecular weight excluding hydrogens is 256 g/mol. The van der Waals surface area contributed by atoms with E-state index in [1.165, 1.54) is 18.2 Å². The summed E-state index contributed by atoms with van der Waals surface area (Å²) in [5.74, 6) is -0.835. The molecule has 0 bridgehead atoms. The van der Waals surface area contributed by atoms with Crippen LogP contribution in [0.5, 0.6) is 5.75 Å². The number of rotatable bonds is 8. The highest BCUT2D eigenvalue weighted by molar-refractivity contribution is 5.68. The fraction of sp³-hybridized carbons (Fsp3) is 0.364. The zero-order valence-corrected chi connectivity index (χ0v) is 10.3. The molecule has 104 valence electrons. The lowest BCUT2D eigenvalue weighted by atomic mass is 10.2. The molecule has 0 fully saturated rings. The van der Waals surface area contributed by atoms with Crippen LogP contribution in [0.3, 0.4) is 0 Å². The summed E-state index contributed by atoms with van der Waals surface area (Å²) in [6, 6.07) is 4.00. The Morgan fingerprint density at radius 3 is 2.79 bits per heavy atom. The third-order valence-electron chi connectivity index (χ3n) is 1.96. The molecule has 0 spiro atoms. The van der Waals surface area contributed by atoms with E-state index >= 15 is 0 Å². The van der Waals surface area contributed by atoms with E-state index in [1.807, 2.05) is 6.92 Å². The average Bonchev–Trinajstić information content (AvgIpc) is 2.35. The Hall–Kier alpha value is -2.35. The van der Waals surface area contributed by atoms with Crippen LogP contribution in [0.25, 0.3) is 0 Å². The summed E-state index contributed by atoms with van der Waals surface area (Å²) in [4.78, 5) is 25.1. The van der Waals surface area contributed by atoms with Gasteiger partial charge in [0, 0.05) is 12.1 Å². The molecule has 0 aliphatic carbocycles. The minimum absolute atomic E-state index is 0.171. The van der Waals surface area contributed by atoms with Crippen molar-refractivity contribution in [3.63, 3.8) is 0 Å². The van der Waals surface area contributed by atoms with Crippen molar-refractivity contribution in [3.05, 3.63) is 28.3 Å². The van der Waals surface area contributed by atoms with Crippen LogP contribution >= 0.6 is 0 Å². The maximum Gasteiger partial charge on any atom is 0.332 e. The zero-order chi connectivity index (χ0) is 14.3. The van der Waals surface area contributed by atoms with Crippen LogP contribution in [0, 0.1) is 10.1 Å². The second kappa shape index (κ2) is 7.17. The summed E-state index contributed by atoms with van der Waals surface area (Å²) in [7, 11) is 0. The van der Waals surface area contributed by atoms with Crippen molar-refractivity contribution in [3.8, 4) is 5.75 Å². The Morgan fingerprint density at radius 2 is 2.21 bits per heavy atom. The molecule has 0 atom stereocenters. The molecule has 0 amide bonds. The number of carboxylic acid groups (broad SMARTS) is 1. The number of aliphatic carboxylic acids is 1. The summed E-state index contributed by atoms with van der Waals surface area (Å²) in [5, 5.41) is 19.2. The van der Waals surface area contributed by atoms with Crippen LogP contribution in [0.15, 0.2) is 18.2 Å². The second-order valence-corrected chi connectivity index (χ2v) is 3.61. The number of non-ortho nitro benzene ring substituents is 1. The lowest BCUT2D eigenvalue weighted by Crippen LogP contribution is -2.11. The number of hydrogen-bond donors (Lipinski definition) is 2. The maximum atomic E-state index is 10.7. The summed E-state index contributed by atoms with van der Waals surface area (Å²) >= 11 is 0. The third-order valence-corrected chi connectivity index (χ3v) is 1.96.